The Morgan fingerprint density at radius 3 is 0.877 bits per heavy atom. The van der Waals surface area contributed by atoms with Crippen molar-refractivity contribution in [3.8, 4) is 0 Å². The second-order valence-electron chi connectivity index (χ2n) is 24.1. The lowest BCUT2D eigenvalue weighted by molar-refractivity contribution is -0.161. The Morgan fingerprint density at radius 1 is 0.346 bits per heavy atom. The Labute approximate surface area is 492 Å². The first-order valence-electron chi connectivity index (χ1n) is 32.2. The summed E-state index contributed by atoms with van der Waals surface area (Å²) in [5.74, 6) is 0.695. The average Bonchev–Trinajstić information content (AvgIpc) is 3.41. The summed E-state index contributed by atoms with van der Waals surface area (Å²) in [5, 5.41) is 10.5. The second kappa shape index (κ2) is 52.4. The molecule has 0 saturated carbocycles. The molecular formula is C62H120O17P2. The number of hydrogen-bond donors (Lipinski definition) is 3. The van der Waals surface area contributed by atoms with Crippen LogP contribution in [-0.4, -0.2) is 96.7 Å². The quantitative estimate of drug-likeness (QED) is 0.0222. The lowest BCUT2D eigenvalue weighted by atomic mass is 10.00. The van der Waals surface area contributed by atoms with Gasteiger partial charge in [0.05, 0.1) is 26.4 Å². The van der Waals surface area contributed by atoms with Crippen molar-refractivity contribution in [2.24, 2.45) is 23.7 Å². The van der Waals surface area contributed by atoms with E-state index in [4.69, 9.17) is 37.0 Å². The summed E-state index contributed by atoms with van der Waals surface area (Å²) in [7, 11) is -9.88. The summed E-state index contributed by atoms with van der Waals surface area (Å²) in [5.41, 5.74) is 0. The highest BCUT2D eigenvalue weighted by Crippen LogP contribution is 2.45. The van der Waals surface area contributed by atoms with Gasteiger partial charge in [0.1, 0.15) is 19.3 Å². The Bertz CT molecular complexity index is 1630. The molecule has 0 aromatic carbocycles. The minimum absolute atomic E-state index is 0.100. The number of aliphatic hydroxyl groups excluding tert-OH is 1. The number of esters is 4. The number of carbonyl (C=O) groups excluding carboxylic acids is 4. The van der Waals surface area contributed by atoms with Crippen LogP contribution in [0.3, 0.4) is 0 Å². The van der Waals surface area contributed by atoms with E-state index in [1.807, 2.05) is 0 Å². The summed E-state index contributed by atoms with van der Waals surface area (Å²) in [4.78, 5) is 72.1. The van der Waals surface area contributed by atoms with Gasteiger partial charge in [-0.1, -0.05) is 242 Å². The number of rotatable bonds is 59. The highest BCUT2D eigenvalue weighted by atomic mass is 31.2. The minimum Gasteiger partial charge on any atom is -0.462 e. The van der Waals surface area contributed by atoms with Crippen LogP contribution in [-0.2, 0) is 65.4 Å². The highest BCUT2D eigenvalue weighted by molar-refractivity contribution is 7.47. The molecule has 0 aromatic heterocycles. The van der Waals surface area contributed by atoms with E-state index in [0.29, 0.717) is 37.5 Å². The van der Waals surface area contributed by atoms with Gasteiger partial charge in [-0.15, -0.1) is 0 Å². The number of phosphoric acid groups is 2. The zero-order chi connectivity index (χ0) is 60.4. The van der Waals surface area contributed by atoms with Crippen molar-refractivity contribution in [2.45, 2.75) is 311 Å². The van der Waals surface area contributed by atoms with Crippen LogP contribution in [0.25, 0.3) is 0 Å². The molecule has 0 rings (SSSR count). The van der Waals surface area contributed by atoms with Crippen LogP contribution in [0.1, 0.15) is 293 Å². The maximum absolute atomic E-state index is 12.9. The summed E-state index contributed by atoms with van der Waals surface area (Å²) in [6.07, 6.45) is 31.0. The smallest absolute Gasteiger partial charge is 0.462 e. The van der Waals surface area contributed by atoms with Gasteiger partial charge in [-0.05, 0) is 49.4 Å². The highest BCUT2D eigenvalue weighted by Gasteiger charge is 2.30. The SMILES string of the molecule is CCC(C)CCCCCCCCC(=O)OC[C@H](COP(=O)(O)OC[C@H](O)COP(=O)(O)OC[C@@H](COC(=O)CCCCCCCCCC(C)C)OC(=O)CCCCCCCCCCCC(C)C)OC(=O)CCCCCCCCC(C)C. The lowest BCUT2D eigenvalue weighted by Gasteiger charge is -2.21. The Hall–Kier alpha value is -1.94. The monoisotopic (exact) mass is 1200 g/mol. The summed E-state index contributed by atoms with van der Waals surface area (Å²) >= 11 is 0. The van der Waals surface area contributed by atoms with Gasteiger partial charge in [-0.25, -0.2) is 9.13 Å². The summed E-state index contributed by atoms with van der Waals surface area (Å²) < 4.78 is 67.9. The predicted octanol–water partition coefficient (Wildman–Crippen LogP) is 16.6. The fraction of sp³-hybridized carbons (Fsp3) is 0.935. The zero-order valence-electron chi connectivity index (χ0n) is 52.4. The van der Waals surface area contributed by atoms with Crippen molar-refractivity contribution in [1.29, 1.82) is 0 Å². The van der Waals surface area contributed by atoms with E-state index in [1.54, 1.807) is 0 Å². The third kappa shape index (κ3) is 55.7. The van der Waals surface area contributed by atoms with Gasteiger partial charge < -0.3 is 33.8 Å². The number of carbonyl (C=O) groups is 4. The van der Waals surface area contributed by atoms with Crippen molar-refractivity contribution in [2.75, 3.05) is 39.6 Å². The molecule has 0 amide bonds. The molecule has 19 heteroatoms. The van der Waals surface area contributed by atoms with Crippen molar-refractivity contribution in [1.82, 2.24) is 0 Å². The van der Waals surface area contributed by atoms with Gasteiger partial charge in [0.2, 0.25) is 0 Å². The van der Waals surface area contributed by atoms with Crippen LogP contribution in [0.5, 0.6) is 0 Å². The van der Waals surface area contributed by atoms with Gasteiger partial charge in [-0.2, -0.15) is 0 Å². The lowest BCUT2D eigenvalue weighted by Crippen LogP contribution is -2.30. The van der Waals surface area contributed by atoms with Gasteiger partial charge in [0.15, 0.2) is 12.2 Å². The molecule has 0 aromatic rings. The molecule has 81 heavy (non-hydrogen) atoms. The van der Waals surface area contributed by atoms with E-state index in [2.05, 4.69) is 55.4 Å². The van der Waals surface area contributed by atoms with Crippen LogP contribution in [0, 0.1) is 23.7 Å². The molecule has 0 saturated heterocycles. The molecule has 0 aliphatic heterocycles. The van der Waals surface area contributed by atoms with Crippen molar-refractivity contribution < 1.29 is 80.2 Å². The van der Waals surface area contributed by atoms with Gasteiger partial charge in [0.25, 0.3) is 0 Å². The molecule has 6 atom stereocenters. The molecule has 0 fully saturated rings. The maximum atomic E-state index is 12.9. The fourth-order valence-corrected chi connectivity index (χ4v) is 10.6. The van der Waals surface area contributed by atoms with Gasteiger partial charge in [0, 0.05) is 25.7 Å². The van der Waals surface area contributed by atoms with Crippen molar-refractivity contribution >= 4 is 39.5 Å². The predicted molar refractivity (Wildman–Crippen MR) is 321 cm³/mol. The molecule has 480 valence electrons. The summed E-state index contributed by atoms with van der Waals surface area (Å²) in [6, 6.07) is 0. The molecule has 0 aliphatic carbocycles. The maximum Gasteiger partial charge on any atom is 0.472 e. The van der Waals surface area contributed by atoms with Crippen molar-refractivity contribution in [3.05, 3.63) is 0 Å². The van der Waals surface area contributed by atoms with E-state index in [0.717, 1.165) is 115 Å². The van der Waals surface area contributed by atoms with E-state index >= 15 is 0 Å². The molecule has 0 bridgehead atoms. The first-order valence-corrected chi connectivity index (χ1v) is 35.2. The summed E-state index contributed by atoms with van der Waals surface area (Å²) in [6.45, 7) is 13.9. The Balaban J connectivity index is 5.25. The van der Waals surface area contributed by atoms with E-state index < -0.39 is 97.5 Å². The van der Waals surface area contributed by atoms with Crippen LogP contribution in [0.2, 0.25) is 0 Å². The van der Waals surface area contributed by atoms with Gasteiger partial charge in [-0.3, -0.25) is 37.3 Å². The standard InChI is InChI=1S/C62H120O17P2/c1-9-55(8)41-33-25-19-21-27-35-43-60(65)73-49-58(79-62(67)45-37-29-20-18-24-32-40-54(6)7)51-77-81(70,71)75-47-56(63)46-74-80(68,69)76-50-57(48-72-59(64)42-34-26-17-13-15-23-31-39-53(4)5)78-61(66)44-36-28-16-12-10-11-14-22-30-38-52(2)3/h52-58,63H,9-51H2,1-8H3,(H,68,69)(H,70,71)/t55?,56-,57-,58-/m1/s1. The molecule has 3 unspecified atom stereocenters. The normalized spacial score (nSPS) is 14.8. The number of ether oxygens (including phenoxy) is 4. The Kier molecular flexibility index (Phi) is 51.1. The topological polar surface area (TPSA) is 237 Å². The third-order valence-corrected chi connectivity index (χ3v) is 16.3. The first-order chi connectivity index (χ1) is 38.6. The minimum atomic E-state index is -4.94. The van der Waals surface area contributed by atoms with Crippen molar-refractivity contribution in [3.63, 3.8) is 0 Å². The molecule has 0 radical (unpaired) electrons. The Morgan fingerprint density at radius 2 is 0.593 bits per heavy atom. The zero-order valence-corrected chi connectivity index (χ0v) is 54.2. The number of unbranched alkanes of at least 4 members (excludes halogenated alkanes) is 24. The van der Waals surface area contributed by atoms with Crippen LogP contribution >= 0.6 is 15.6 Å². The molecular weight excluding hydrogens is 1080 g/mol. The van der Waals surface area contributed by atoms with Crippen LogP contribution in [0.4, 0.5) is 0 Å². The fourth-order valence-electron chi connectivity index (χ4n) is 9.04. The number of aliphatic hydroxyl groups is 1. The average molecular weight is 1200 g/mol. The molecule has 3 N–H and O–H groups in total. The second-order valence-corrected chi connectivity index (χ2v) is 27.0. The molecule has 0 spiro atoms. The molecule has 0 aliphatic rings. The largest absolute Gasteiger partial charge is 0.472 e. The van der Waals surface area contributed by atoms with E-state index in [1.165, 1.54) is 83.5 Å². The number of phosphoric ester groups is 2. The first kappa shape index (κ1) is 79.1. The molecule has 0 heterocycles. The number of hydrogen-bond acceptors (Lipinski definition) is 15. The van der Waals surface area contributed by atoms with E-state index in [9.17, 15) is 43.2 Å². The molecule has 17 nitrogen and oxygen atoms in total. The van der Waals surface area contributed by atoms with E-state index in [-0.39, 0.29) is 25.7 Å². The van der Waals surface area contributed by atoms with Crippen LogP contribution < -0.4 is 0 Å². The van der Waals surface area contributed by atoms with Gasteiger partial charge >= 0.3 is 39.5 Å². The third-order valence-electron chi connectivity index (χ3n) is 14.4. The van der Waals surface area contributed by atoms with Crippen LogP contribution in [0.15, 0.2) is 0 Å².